The van der Waals surface area contributed by atoms with Gasteiger partial charge in [-0.05, 0) is 19.8 Å². The zero-order valence-electron chi connectivity index (χ0n) is 11.8. The highest BCUT2D eigenvalue weighted by molar-refractivity contribution is 7.99. The first-order valence-electron chi connectivity index (χ1n) is 7.11. The zero-order chi connectivity index (χ0) is 14.5. The molecule has 6 nitrogen and oxygen atoms in total. The number of rotatable bonds is 3. The van der Waals surface area contributed by atoms with Crippen molar-refractivity contribution in [1.29, 1.82) is 0 Å². The molecule has 7 heteroatoms. The third-order valence-electron chi connectivity index (χ3n) is 3.71. The molecule has 2 rings (SSSR count). The summed E-state index contributed by atoms with van der Waals surface area (Å²) in [5.41, 5.74) is 0. The molecule has 2 unspecified atom stereocenters. The van der Waals surface area contributed by atoms with E-state index in [9.17, 15) is 14.7 Å². The van der Waals surface area contributed by atoms with Crippen LogP contribution < -0.4 is 0 Å². The quantitative estimate of drug-likeness (QED) is 0.845. The first-order chi connectivity index (χ1) is 9.63. The molecular weight excluding hydrogens is 280 g/mol. The molecule has 0 aromatic rings. The van der Waals surface area contributed by atoms with Crippen LogP contribution in [0.5, 0.6) is 0 Å². The van der Waals surface area contributed by atoms with Gasteiger partial charge in [0.1, 0.15) is 6.04 Å². The third kappa shape index (κ3) is 3.58. The number of carbonyl (C=O) groups is 2. The van der Waals surface area contributed by atoms with E-state index in [1.807, 2.05) is 6.92 Å². The maximum atomic E-state index is 12.5. The Morgan fingerprint density at radius 1 is 1.40 bits per heavy atom. The van der Waals surface area contributed by atoms with Crippen LogP contribution in [0.25, 0.3) is 0 Å². The van der Waals surface area contributed by atoms with Crippen molar-refractivity contribution in [1.82, 2.24) is 9.80 Å². The molecule has 1 N–H and O–H groups in total. The molecular formula is C13H22N2O4S. The number of piperidine rings is 1. The summed E-state index contributed by atoms with van der Waals surface area (Å²) in [5, 5.41) is 9.24. The number of urea groups is 1. The van der Waals surface area contributed by atoms with E-state index in [4.69, 9.17) is 4.74 Å². The lowest BCUT2D eigenvalue weighted by Crippen LogP contribution is -2.57. The van der Waals surface area contributed by atoms with E-state index in [-0.39, 0.29) is 12.1 Å². The Balaban J connectivity index is 1.99. The van der Waals surface area contributed by atoms with E-state index >= 15 is 0 Å². The van der Waals surface area contributed by atoms with E-state index in [0.29, 0.717) is 32.0 Å². The van der Waals surface area contributed by atoms with Gasteiger partial charge >= 0.3 is 12.0 Å². The topological polar surface area (TPSA) is 70.1 Å². The molecule has 114 valence electrons. The van der Waals surface area contributed by atoms with Gasteiger partial charge < -0.3 is 19.6 Å². The van der Waals surface area contributed by atoms with Gasteiger partial charge in [-0.15, -0.1) is 0 Å². The molecule has 0 aromatic carbocycles. The maximum absolute atomic E-state index is 12.5. The number of ether oxygens (including phenoxy) is 1. The van der Waals surface area contributed by atoms with E-state index < -0.39 is 12.0 Å². The van der Waals surface area contributed by atoms with E-state index in [1.165, 1.54) is 4.90 Å². The van der Waals surface area contributed by atoms with Crippen LogP contribution in [0.2, 0.25) is 0 Å². The Kier molecular flexibility index (Phi) is 5.54. The molecule has 2 saturated heterocycles. The van der Waals surface area contributed by atoms with Gasteiger partial charge in [0.25, 0.3) is 0 Å². The molecule has 0 aliphatic carbocycles. The summed E-state index contributed by atoms with van der Waals surface area (Å²) in [6, 6.07) is -0.851. The molecule has 0 aromatic heterocycles. The number of carboxylic acids is 1. The summed E-state index contributed by atoms with van der Waals surface area (Å²) in [5.74, 6) is 0.367. The largest absolute Gasteiger partial charge is 0.480 e. The number of carboxylic acid groups (broad SMARTS) is 1. The van der Waals surface area contributed by atoms with Gasteiger partial charge in [-0.1, -0.05) is 0 Å². The number of amides is 2. The Morgan fingerprint density at radius 2 is 2.20 bits per heavy atom. The maximum Gasteiger partial charge on any atom is 0.327 e. The third-order valence-corrected chi connectivity index (χ3v) is 4.73. The van der Waals surface area contributed by atoms with Crippen molar-refractivity contribution in [2.24, 2.45) is 0 Å². The van der Waals surface area contributed by atoms with Gasteiger partial charge in [-0.25, -0.2) is 9.59 Å². The second-order valence-corrected chi connectivity index (χ2v) is 6.22. The van der Waals surface area contributed by atoms with Crippen LogP contribution in [0.15, 0.2) is 0 Å². The van der Waals surface area contributed by atoms with Crippen molar-refractivity contribution < 1.29 is 19.4 Å². The summed E-state index contributed by atoms with van der Waals surface area (Å²) < 4.78 is 5.59. The minimum absolute atomic E-state index is 0.0835. The Bertz CT molecular complexity index is 364. The van der Waals surface area contributed by atoms with Crippen LogP contribution in [-0.4, -0.2) is 76.8 Å². The predicted octanol–water partition coefficient (Wildman–Crippen LogP) is 1.11. The molecule has 0 spiro atoms. The molecule has 20 heavy (non-hydrogen) atoms. The standard InChI is InChI=1S/C13H22N2O4S/c1-2-19-10-4-3-5-14(8-10)13(18)15-6-7-20-9-11(15)12(16)17/h10-11H,2-9H2,1H3,(H,16,17). The summed E-state index contributed by atoms with van der Waals surface area (Å²) in [4.78, 5) is 27.1. The molecule has 0 bridgehead atoms. The number of likely N-dealkylation sites (tertiary alicyclic amines) is 1. The number of thioether (sulfide) groups is 1. The van der Waals surface area contributed by atoms with Crippen LogP contribution in [0.1, 0.15) is 19.8 Å². The minimum atomic E-state index is -0.913. The molecule has 2 amide bonds. The van der Waals surface area contributed by atoms with Gasteiger partial charge in [-0.3, -0.25) is 0 Å². The monoisotopic (exact) mass is 302 g/mol. The minimum Gasteiger partial charge on any atom is -0.480 e. The fourth-order valence-electron chi connectivity index (χ4n) is 2.70. The number of carbonyl (C=O) groups excluding carboxylic acids is 1. The highest BCUT2D eigenvalue weighted by Gasteiger charge is 2.36. The van der Waals surface area contributed by atoms with Gasteiger partial charge in [0.05, 0.1) is 6.10 Å². The van der Waals surface area contributed by atoms with Crippen molar-refractivity contribution >= 4 is 23.8 Å². The van der Waals surface area contributed by atoms with Crippen molar-refractivity contribution in [3.63, 3.8) is 0 Å². The summed E-state index contributed by atoms with van der Waals surface area (Å²) in [7, 11) is 0. The van der Waals surface area contributed by atoms with Crippen molar-refractivity contribution in [2.75, 3.05) is 37.7 Å². The fourth-order valence-corrected chi connectivity index (χ4v) is 3.74. The Labute approximate surface area is 123 Å². The van der Waals surface area contributed by atoms with Crippen molar-refractivity contribution in [2.45, 2.75) is 31.9 Å². The lowest BCUT2D eigenvalue weighted by atomic mass is 10.1. The molecule has 0 radical (unpaired) electrons. The summed E-state index contributed by atoms with van der Waals surface area (Å²) >= 11 is 1.59. The SMILES string of the molecule is CCOC1CCCN(C(=O)N2CCSCC2C(=O)O)C1. The van der Waals surface area contributed by atoms with E-state index in [2.05, 4.69) is 0 Å². The number of nitrogens with zero attached hydrogens (tertiary/aromatic N) is 2. The van der Waals surface area contributed by atoms with E-state index in [0.717, 1.165) is 18.6 Å². The van der Waals surface area contributed by atoms with Crippen LogP contribution in [0.4, 0.5) is 4.79 Å². The van der Waals surface area contributed by atoms with Crippen molar-refractivity contribution in [3.05, 3.63) is 0 Å². The normalized spacial score (nSPS) is 27.4. The average molecular weight is 302 g/mol. The fraction of sp³-hybridized carbons (Fsp3) is 0.846. The second-order valence-electron chi connectivity index (χ2n) is 5.07. The molecule has 2 aliphatic rings. The zero-order valence-corrected chi connectivity index (χ0v) is 12.6. The van der Waals surface area contributed by atoms with Crippen molar-refractivity contribution in [3.8, 4) is 0 Å². The lowest BCUT2D eigenvalue weighted by molar-refractivity contribution is -0.141. The smallest absolute Gasteiger partial charge is 0.327 e. The molecule has 2 atom stereocenters. The molecule has 2 fully saturated rings. The summed E-state index contributed by atoms with van der Waals surface area (Å²) in [6.07, 6.45) is 1.96. The van der Waals surface area contributed by atoms with Crippen LogP contribution in [0, 0.1) is 0 Å². The Morgan fingerprint density at radius 3 is 2.90 bits per heavy atom. The average Bonchev–Trinajstić information content (AvgIpc) is 2.47. The van der Waals surface area contributed by atoms with Gasteiger partial charge in [0.2, 0.25) is 0 Å². The number of hydrogen-bond acceptors (Lipinski definition) is 4. The highest BCUT2D eigenvalue weighted by atomic mass is 32.2. The van der Waals surface area contributed by atoms with Crippen LogP contribution in [0.3, 0.4) is 0 Å². The predicted molar refractivity (Wildman–Crippen MR) is 77.1 cm³/mol. The number of hydrogen-bond donors (Lipinski definition) is 1. The van der Waals surface area contributed by atoms with Crippen LogP contribution in [-0.2, 0) is 9.53 Å². The lowest BCUT2D eigenvalue weighted by Gasteiger charge is -2.39. The highest BCUT2D eigenvalue weighted by Crippen LogP contribution is 2.21. The molecule has 2 heterocycles. The Hall–Kier alpha value is -0.950. The molecule has 2 aliphatic heterocycles. The second kappa shape index (κ2) is 7.17. The first-order valence-corrected chi connectivity index (χ1v) is 8.26. The van der Waals surface area contributed by atoms with Gasteiger partial charge in [0.15, 0.2) is 0 Å². The van der Waals surface area contributed by atoms with Gasteiger partial charge in [-0.2, -0.15) is 11.8 Å². The number of aliphatic carboxylic acids is 1. The van der Waals surface area contributed by atoms with E-state index in [1.54, 1.807) is 16.7 Å². The molecule has 0 saturated carbocycles. The van der Waals surface area contributed by atoms with Crippen LogP contribution >= 0.6 is 11.8 Å². The summed E-state index contributed by atoms with van der Waals surface area (Å²) in [6.45, 7) is 4.37. The van der Waals surface area contributed by atoms with Gasteiger partial charge in [0, 0.05) is 37.7 Å². The first kappa shape index (κ1) is 15.4.